The zero-order valence-corrected chi connectivity index (χ0v) is 14.1. The number of hydrogen-bond donors (Lipinski definition) is 1. The van der Waals surface area contributed by atoms with E-state index in [2.05, 4.69) is 17.9 Å². The molecule has 0 saturated heterocycles. The molecule has 0 aliphatic carbocycles. The molecule has 0 radical (unpaired) electrons. The van der Waals surface area contributed by atoms with E-state index in [-0.39, 0.29) is 18.1 Å². The van der Waals surface area contributed by atoms with Crippen LogP contribution in [0.15, 0.2) is 54.5 Å². The molecule has 1 rings (SSSR count). The Hall–Kier alpha value is -1.24. The van der Waals surface area contributed by atoms with Gasteiger partial charge in [0.1, 0.15) is 6.29 Å². The summed E-state index contributed by atoms with van der Waals surface area (Å²) in [6, 6.07) is 6.29. The lowest BCUT2D eigenvalue weighted by Crippen LogP contribution is -2.26. The summed E-state index contributed by atoms with van der Waals surface area (Å²) in [5, 5.41) is 0. The van der Waals surface area contributed by atoms with Gasteiger partial charge in [-0.05, 0) is 19.1 Å². The van der Waals surface area contributed by atoms with E-state index >= 15 is 0 Å². The lowest BCUT2D eigenvalue weighted by molar-refractivity contribution is 0.236. The molecule has 0 fully saturated rings. The molecular weight excluding hydrogens is 325 g/mol. The Morgan fingerprint density at radius 1 is 1.14 bits per heavy atom. The van der Waals surface area contributed by atoms with E-state index in [9.17, 15) is 13.0 Å². The minimum absolute atomic E-state index is 0.0132. The second kappa shape index (κ2) is 8.41. The molecule has 0 bridgehead atoms. The Morgan fingerprint density at radius 3 is 2.09 bits per heavy atom. The van der Waals surface area contributed by atoms with E-state index in [4.69, 9.17) is 9.05 Å². The van der Waals surface area contributed by atoms with Crippen molar-refractivity contribution in [2.24, 2.45) is 0 Å². The molecule has 0 heterocycles. The van der Waals surface area contributed by atoms with Crippen molar-refractivity contribution in [3.63, 3.8) is 0 Å². The summed E-state index contributed by atoms with van der Waals surface area (Å²) in [6.07, 6.45) is 2.33. The smallest absolute Gasteiger partial charge is 0.303 e. The zero-order valence-electron chi connectivity index (χ0n) is 12.4. The van der Waals surface area contributed by atoms with Crippen LogP contribution in [0.3, 0.4) is 0 Å². The molecule has 0 aliphatic rings. The van der Waals surface area contributed by atoms with E-state index in [1.165, 1.54) is 24.3 Å². The van der Waals surface area contributed by atoms with Crippen LogP contribution >= 0.6 is 7.60 Å². The van der Waals surface area contributed by atoms with Gasteiger partial charge in [0.05, 0.1) is 18.1 Å². The predicted molar refractivity (Wildman–Crippen MR) is 86.3 cm³/mol. The van der Waals surface area contributed by atoms with Gasteiger partial charge in [0.25, 0.3) is 0 Å². The first-order chi connectivity index (χ1) is 10.3. The highest BCUT2D eigenvalue weighted by Crippen LogP contribution is 2.47. The van der Waals surface area contributed by atoms with Crippen LogP contribution in [0.5, 0.6) is 0 Å². The first-order valence-corrected chi connectivity index (χ1v) is 9.70. The lowest BCUT2D eigenvalue weighted by atomic mass is 10.2. The van der Waals surface area contributed by atoms with Gasteiger partial charge in [-0.15, -0.1) is 13.2 Å². The monoisotopic (exact) mass is 345 g/mol. The zero-order chi connectivity index (χ0) is 16.6. The second-order valence-electron chi connectivity index (χ2n) is 4.40. The topological polar surface area (TPSA) is 81.7 Å². The first kappa shape index (κ1) is 18.8. The Bertz CT molecular complexity index is 638. The minimum atomic E-state index is -3.79. The lowest BCUT2D eigenvalue weighted by Gasteiger charge is -2.17. The van der Waals surface area contributed by atoms with Crippen molar-refractivity contribution >= 4 is 17.6 Å². The molecule has 0 saturated carbocycles. The molecule has 22 heavy (non-hydrogen) atoms. The fourth-order valence-corrected chi connectivity index (χ4v) is 4.32. The van der Waals surface area contributed by atoms with Crippen LogP contribution in [-0.4, -0.2) is 27.9 Å². The van der Waals surface area contributed by atoms with E-state index < -0.39 is 23.9 Å². The number of nitrogens with one attached hydrogen (secondary N) is 1. The van der Waals surface area contributed by atoms with E-state index in [1.807, 2.05) is 6.92 Å². The summed E-state index contributed by atoms with van der Waals surface area (Å²) in [6.45, 7) is 8.72. The fraction of sp³-hybridized carbons (Fsp3) is 0.286. The largest absolute Gasteiger partial charge is 0.346 e. The predicted octanol–water partition coefficient (Wildman–Crippen LogP) is 2.83. The van der Waals surface area contributed by atoms with Crippen molar-refractivity contribution in [3.8, 4) is 0 Å². The summed E-state index contributed by atoms with van der Waals surface area (Å²) < 4.78 is 49.1. The molecule has 6 nitrogen and oxygen atoms in total. The standard InChI is InChI=1S/C14H20NO5PS/c1-4-10-19-21(16,20-11-5-2)12-15-22(17,18)14-8-6-13(3)7-9-14/h4-9,15H,1-2,10-12H2,3H3. The van der Waals surface area contributed by atoms with Gasteiger partial charge >= 0.3 is 7.60 Å². The van der Waals surface area contributed by atoms with Crippen molar-refractivity contribution in [1.82, 2.24) is 4.72 Å². The van der Waals surface area contributed by atoms with Crippen molar-refractivity contribution in [1.29, 1.82) is 0 Å². The van der Waals surface area contributed by atoms with Crippen LogP contribution in [0.2, 0.25) is 0 Å². The van der Waals surface area contributed by atoms with Crippen LogP contribution in [-0.2, 0) is 23.6 Å². The second-order valence-corrected chi connectivity index (χ2v) is 8.22. The van der Waals surface area contributed by atoms with Gasteiger partial charge in [-0.2, -0.15) is 4.72 Å². The number of benzene rings is 1. The Kier molecular flexibility index (Phi) is 7.19. The Labute approximate surface area is 131 Å². The summed E-state index contributed by atoms with van der Waals surface area (Å²) >= 11 is 0. The fourth-order valence-electron chi connectivity index (χ4n) is 1.43. The number of aryl methyl sites for hydroxylation is 1. The average molecular weight is 345 g/mol. The summed E-state index contributed by atoms with van der Waals surface area (Å²) in [4.78, 5) is 0.0806. The molecule has 1 aromatic carbocycles. The number of hydrogen-bond acceptors (Lipinski definition) is 5. The molecule has 0 aromatic heterocycles. The number of sulfonamides is 1. The van der Waals surface area contributed by atoms with Crippen molar-refractivity contribution in [2.45, 2.75) is 11.8 Å². The van der Waals surface area contributed by atoms with Crippen LogP contribution in [0.25, 0.3) is 0 Å². The maximum atomic E-state index is 12.4. The van der Waals surface area contributed by atoms with Gasteiger partial charge in [0.15, 0.2) is 0 Å². The van der Waals surface area contributed by atoms with E-state index in [0.29, 0.717) is 0 Å². The third-order valence-corrected chi connectivity index (χ3v) is 5.82. The maximum absolute atomic E-state index is 12.4. The average Bonchev–Trinajstić information content (AvgIpc) is 2.50. The van der Waals surface area contributed by atoms with E-state index in [1.54, 1.807) is 12.1 Å². The van der Waals surface area contributed by atoms with Gasteiger partial charge < -0.3 is 9.05 Å². The minimum Gasteiger partial charge on any atom is -0.303 e. The van der Waals surface area contributed by atoms with Gasteiger partial charge in [0.2, 0.25) is 10.0 Å². The molecule has 0 atom stereocenters. The molecular formula is C14H20NO5PS. The van der Waals surface area contributed by atoms with Gasteiger partial charge in [0, 0.05) is 0 Å². The normalized spacial score (nSPS) is 12.0. The maximum Gasteiger partial charge on any atom is 0.346 e. The molecule has 1 N–H and O–H groups in total. The van der Waals surface area contributed by atoms with Crippen molar-refractivity contribution in [2.75, 3.05) is 19.5 Å². The van der Waals surface area contributed by atoms with Crippen molar-refractivity contribution in [3.05, 3.63) is 55.1 Å². The van der Waals surface area contributed by atoms with Crippen molar-refractivity contribution < 1.29 is 22.0 Å². The highest BCUT2D eigenvalue weighted by Gasteiger charge is 2.27. The summed E-state index contributed by atoms with van der Waals surface area (Å²) in [7, 11) is -7.41. The van der Waals surface area contributed by atoms with Crippen LogP contribution in [0, 0.1) is 6.92 Å². The molecule has 1 aromatic rings. The Balaban J connectivity index is 2.81. The molecule has 0 spiro atoms. The van der Waals surface area contributed by atoms with Crippen LogP contribution in [0.4, 0.5) is 0 Å². The highest BCUT2D eigenvalue weighted by molar-refractivity contribution is 7.89. The van der Waals surface area contributed by atoms with Crippen LogP contribution < -0.4 is 4.72 Å². The van der Waals surface area contributed by atoms with E-state index in [0.717, 1.165) is 5.56 Å². The van der Waals surface area contributed by atoms with Gasteiger partial charge in [-0.3, -0.25) is 4.57 Å². The third kappa shape index (κ3) is 5.87. The SMILES string of the molecule is C=CCOP(=O)(CNS(=O)(=O)c1ccc(C)cc1)OCC=C. The number of rotatable bonds is 10. The molecule has 0 unspecified atom stereocenters. The van der Waals surface area contributed by atoms with Gasteiger partial charge in [-0.1, -0.05) is 29.8 Å². The van der Waals surface area contributed by atoms with Crippen LogP contribution in [0.1, 0.15) is 5.56 Å². The highest BCUT2D eigenvalue weighted by atomic mass is 32.2. The Morgan fingerprint density at radius 2 is 1.64 bits per heavy atom. The summed E-state index contributed by atoms with van der Waals surface area (Å²) in [5.41, 5.74) is 0.938. The molecule has 122 valence electrons. The summed E-state index contributed by atoms with van der Waals surface area (Å²) in [5.74, 6) is 0. The third-order valence-electron chi connectivity index (χ3n) is 2.56. The molecule has 0 amide bonds. The molecule has 8 heteroatoms. The quantitative estimate of drug-likeness (QED) is 0.521. The van der Waals surface area contributed by atoms with Gasteiger partial charge in [-0.25, -0.2) is 8.42 Å². The first-order valence-electron chi connectivity index (χ1n) is 6.49. The molecule has 0 aliphatic heterocycles.